The van der Waals surface area contributed by atoms with Crippen LogP contribution in [0.25, 0.3) is 10.8 Å². The van der Waals surface area contributed by atoms with Gasteiger partial charge in [-0.3, -0.25) is 4.99 Å². The predicted molar refractivity (Wildman–Crippen MR) is 140 cm³/mol. The molecular weight excluding hydrogens is 503 g/mol. The van der Waals surface area contributed by atoms with Gasteiger partial charge in [0.25, 0.3) is 0 Å². The first kappa shape index (κ1) is 25.7. The van der Waals surface area contributed by atoms with Gasteiger partial charge >= 0.3 is 0 Å². The van der Waals surface area contributed by atoms with E-state index in [1.54, 1.807) is 0 Å². The second-order valence-corrected chi connectivity index (χ2v) is 7.82. The summed E-state index contributed by atoms with van der Waals surface area (Å²) in [5.41, 5.74) is 0. The highest BCUT2D eigenvalue weighted by Crippen LogP contribution is 2.20. The number of aliphatic imine (C=N–C) groups is 1. The molecule has 0 aliphatic carbocycles. The van der Waals surface area contributed by atoms with Gasteiger partial charge < -0.3 is 25.4 Å². The van der Waals surface area contributed by atoms with Crippen molar-refractivity contribution in [3.63, 3.8) is 0 Å². The largest absolute Gasteiger partial charge is 0.494 e. The Bertz CT molecular complexity index is 794. The lowest BCUT2D eigenvalue weighted by Gasteiger charge is -2.29. The van der Waals surface area contributed by atoms with Gasteiger partial charge in [0.05, 0.1) is 12.7 Å². The van der Waals surface area contributed by atoms with Crippen molar-refractivity contribution in [2.24, 2.45) is 4.99 Å². The van der Waals surface area contributed by atoms with Gasteiger partial charge in [-0.2, -0.15) is 0 Å². The molecule has 0 saturated carbocycles. The van der Waals surface area contributed by atoms with Crippen LogP contribution in [0.1, 0.15) is 32.6 Å². The molecule has 1 saturated heterocycles. The number of piperidine rings is 1. The summed E-state index contributed by atoms with van der Waals surface area (Å²) in [6, 6.07) is 14.5. The highest BCUT2D eigenvalue weighted by Gasteiger charge is 2.15. The fourth-order valence-electron chi connectivity index (χ4n) is 3.70. The smallest absolute Gasteiger partial charge is 0.191 e. The molecule has 0 bridgehead atoms. The zero-order chi connectivity index (χ0) is 21.0. The van der Waals surface area contributed by atoms with Crippen molar-refractivity contribution in [3.05, 3.63) is 42.5 Å². The number of nitrogens with one attached hydrogen (secondary N) is 2. The van der Waals surface area contributed by atoms with E-state index in [-0.39, 0.29) is 30.1 Å². The molecule has 172 valence electrons. The molecule has 2 aromatic rings. The molecule has 3 N–H and O–H groups in total. The summed E-state index contributed by atoms with van der Waals surface area (Å²) in [5, 5.41) is 18.7. The van der Waals surface area contributed by atoms with Gasteiger partial charge in [-0.05, 0) is 55.6 Å². The van der Waals surface area contributed by atoms with E-state index in [4.69, 9.17) is 4.74 Å². The minimum Gasteiger partial charge on any atom is -0.494 e. The number of hydrogen-bond acceptors (Lipinski definition) is 4. The third-order valence-electron chi connectivity index (χ3n) is 5.41. The van der Waals surface area contributed by atoms with E-state index in [2.05, 4.69) is 57.8 Å². The molecule has 0 atom stereocenters. The number of guanidine groups is 1. The second kappa shape index (κ2) is 14.5. The molecular formula is C24H37IN4O2. The van der Waals surface area contributed by atoms with Crippen LogP contribution in [0.5, 0.6) is 5.75 Å². The van der Waals surface area contributed by atoms with Crippen LogP contribution in [-0.2, 0) is 0 Å². The third kappa shape index (κ3) is 9.21. The molecule has 7 heteroatoms. The number of halogens is 1. The van der Waals surface area contributed by atoms with Gasteiger partial charge in [-0.15, -0.1) is 24.0 Å². The summed E-state index contributed by atoms with van der Waals surface area (Å²) in [7, 11) is 0. The molecule has 0 amide bonds. The van der Waals surface area contributed by atoms with Gasteiger partial charge in [-0.1, -0.05) is 30.3 Å². The standard InChI is InChI=1S/C24H36N4O2.HI/c1-2-25-24(26-13-5-15-28-16-11-22(29)12-17-28)27-14-6-18-30-23-10-9-20-7-3-4-8-21(20)19-23;/h3-4,7-10,19,22,29H,2,5-6,11-18H2,1H3,(H2,25,26,27);1H. The summed E-state index contributed by atoms with van der Waals surface area (Å²) in [4.78, 5) is 7.09. The van der Waals surface area contributed by atoms with Crippen LogP contribution >= 0.6 is 24.0 Å². The molecule has 31 heavy (non-hydrogen) atoms. The predicted octanol–water partition coefficient (Wildman–Crippen LogP) is 3.63. The molecule has 0 unspecified atom stereocenters. The van der Waals surface area contributed by atoms with Crippen LogP contribution in [-0.4, -0.2) is 67.9 Å². The Morgan fingerprint density at radius 1 is 1.10 bits per heavy atom. The average Bonchev–Trinajstić information content (AvgIpc) is 2.77. The van der Waals surface area contributed by atoms with Crippen molar-refractivity contribution >= 4 is 40.7 Å². The fraction of sp³-hybridized carbons (Fsp3) is 0.542. The zero-order valence-electron chi connectivity index (χ0n) is 18.6. The number of ether oxygens (including phenoxy) is 1. The van der Waals surface area contributed by atoms with Crippen LogP contribution in [0, 0.1) is 0 Å². The van der Waals surface area contributed by atoms with Crippen molar-refractivity contribution < 1.29 is 9.84 Å². The Morgan fingerprint density at radius 2 is 1.87 bits per heavy atom. The molecule has 3 rings (SSSR count). The van der Waals surface area contributed by atoms with Gasteiger partial charge in [0.2, 0.25) is 0 Å². The van der Waals surface area contributed by atoms with Gasteiger partial charge in [-0.25, -0.2) is 0 Å². The lowest BCUT2D eigenvalue weighted by Crippen LogP contribution is -2.40. The first-order chi connectivity index (χ1) is 14.7. The Balaban J connectivity index is 0.00000341. The number of rotatable bonds is 10. The van der Waals surface area contributed by atoms with Gasteiger partial charge in [0, 0.05) is 39.1 Å². The van der Waals surface area contributed by atoms with E-state index in [0.717, 1.165) is 76.7 Å². The molecule has 0 spiro atoms. The maximum atomic E-state index is 9.59. The molecule has 0 aromatic heterocycles. The number of aliphatic hydroxyl groups is 1. The first-order valence-electron chi connectivity index (χ1n) is 11.3. The highest BCUT2D eigenvalue weighted by molar-refractivity contribution is 14.0. The van der Waals surface area contributed by atoms with E-state index < -0.39 is 0 Å². The minimum absolute atomic E-state index is 0. The van der Waals surface area contributed by atoms with Crippen LogP contribution in [0.2, 0.25) is 0 Å². The quantitative estimate of drug-likeness (QED) is 0.186. The van der Waals surface area contributed by atoms with Crippen LogP contribution < -0.4 is 15.4 Å². The third-order valence-corrected chi connectivity index (χ3v) is 5.41. The average molecular weight is 540 g/mol. The number of benzene rings is 2. The lowest BCUT2D eigenvalue weighted by atomic mass is 10.1. The summed E-state index contributed by atoms with van der Waals surface area (Å²) in [6.45, 7) is 8.30. The number of fused-ring (bicyclic) bond motifs is 1. The van der Waals surface area contributed by atoms with E-state index in [0.29, 0.717) is 6.61 Å². The molecule has 1 aliphatic rings. The molecule has 1 heterocycles. The van der Waals surface area contributed by atoms with Crippen molar-refractivity contribution in [3.8, 4) is 5.75 Å². The summed E-state index contributed by atoms with van der Waals surface area (Å²) < 4.78 is 5.90. The van der Waals surface area contributed by atoms with Gasteiger partial charge in [0.15, 0.2) is 5.96 Å². The Labute approximate surface area is 203 Å². The number of likely N-dealkylation sites (tertiary alicyclic amines) is 1. The lowest BCUT2D eigenvalue weighted by molar-refractivity contribution is 0.0823. The van der Waals surface area contributed by atoms with Gasteiger partial charge in [0.1, 0.15) is 5.75 Å². The maximum Gasteiger partial charge on any atom is 0.191 e. The second-order valence-electron chi connectivity index (χ2n) is 7.82. The summed E-state index contributed by atoms with van der Waals surface area (Å²) >= 11 is 0. The monoisotopic (exact) mass is 540 g/mol. The Kier molecular flexibility index (Phi) is 12.0. The molecule has 6 nitrogen and oxygen atoms in total. The number of nitrogens with zero attached hydrogens (tertiary/aromatic N) is 2. The molecule has 0 radical (unpaired) electrons. The van der Waals surface area contributed by atoms with Crippen LogP contribution in [0.15, 0.2) is 47.5 Å². The molecule has 2 aromatic carbocycles. The van der Waals surface area contributed by atoms with E-state index in [1.165, 1.54) is 10.8 Å². The summed E-state index contributed by atoms with van der Waals surface area (Å²) in [5.74, 6) is 1.78. The molecule has 1 aliphatic heterocycles. The van der Waals surface area contributed by atoms with Crippen molar-refractivity contribution in [2.45, 2.75) is 38.7 Å². The van der Waals surface area contributed by atoms with Crippen LogP contribution in [0.3, 0.4) is 0 Å². The van der Waals surface area contributed by atoms with Crippen LogP contribution in [0.4, 0.5) is 0 Å². The van der Waals surface area contributed by atoms with E-state index in [9.17, 15) is 5.11 Å². The van der Waals surface area contributed by atoms with E-state index >= 15 is 0 Å². The highest BCUT2D eigenvalue weighted by atomic mass is 127. The number of aliphatic hydroxyl groups excluding tert-OH is 1. The van der Waals surface area contributed by atoms with Crippen molar-refractivity contribution in [1.82, 2.24) is 15.5 Å². The zero-order valence-corrected chi connectivity index (χ0v) is 20.9. The van der Waals surface area contributed by atoms with Crippen molar-refractivity contribution in [2.75, 3.05) is 45.9 Å². The SMILES string of the molecule is CCNC(=NCCCOc1ccc2ccccc2c1)NCCCN1CCC(O)CC1.I. The summed E-state index contributed by atoms with van der Waals surface area (Å²) in [6.07, 6.45) is 3.65. The van der Waals surface area contributed by atoms with Crippen molar-refractivity contribution in [1.29, 1.82) is 0 Å². The number of hydrogen-bond donors (Lipinski definition) is 3. The Hall–Kier alpha value is -1.58. The van der Waals surface area contributed by atoms with E-state index in [1.807, 2.05) is 12.1 Å². The maximum absolute atomic E-state index is 9.59. The normalized spacial score (nSPS) is 15.5. The first-order valence-corrected chi connectivity index (χ1v) is 11.3. The Morgan fingerprint density at radius 3 is 2.65 bits per heavy atom. The minimum atomic E-state index is -0.0999. The molecule has 1 fully saturated rings. The fourth-order valence-corrected chi connectivity index (χ4v) is 3.70. The topological polar surface area (TPSA) is 69.1 Å².